The van der Waals surface area contributed by atoms with E-state index in [9.17, 15) is 14.7 Å². The first-order valence-corrected chi connectivity index (χ1v) is 12.2. The number of benzene rings is 3. The molecule has 1 amide bonds. The Hall–Kier alpha value is -4.52. The number of fused-ring (bicyclic) bond motifs is 1. The summed E-state index contributed by atoms with van der Waals surface area (Å²) in [6, 6.07) is 21.4. The highest BCUT2D eigenvalue weighted by atomic mass is 16.5. The van der Waals surface area contributed by atoms with Crippen LogP contribution in [0.15, 0.2) is 84.6 Å². The van der Waals surface area contributed by atoms with Gasteiger partial charge in [0.2, 0.25) is 0 Å². The Morgan fingerprint density at radius 3 is 2.43 bits per heavy atom. The highest BCUT2D eigenvalue weighted by Gasteiger charge is 2.47. The number of aliphatic hydroxyl groups excluding tert-OH is 1. The van der Waals surface area contributed by atoms with E-state index in [2.05, 4.69) is 4.98 Å². The molecule has 3 aromatic carbocycles. The van der Waals surface area contributed by atoms with Gasteiger partial charge in [-0.05, 0) is 61.9 Å². The molecule has 0 aliphatic carbocycles. The smallest absolute Gasteiger partial charge is 0.300 e. The summed E-state index contributed by atoms with van der Waals surface area (Å²) in [6.07, 6.45) is 1.61. The van der Waals surface area contributed by atoms with Gasteiger partial charge in [0.05, 0.1) is 17.7 Å². The van der Waals surface area contributed by atoms with Crippen LogP contribution in [0.25, 0.3) is 16.7 Å². The Kier molecular flexibility index (Phi) is 6.21. The third kappa shape index (κ3) is 4.33. The number of rotatable bonds is 6. The molecule has 2 N–H and O–H groups in total. The number of aliphatic hydroxyl groups is 1. The fraction of sp³-hybridized carbons (Fsp3) is 0.200. The van der Waals surface area contributed by atoms with E-state index in [0.29, 0.717) is 22.6 Å². The summed E-state index contributed by atoms with van der Waals surface area (Å²) in [7, 11) is 3.87. The van der Waals surface area contributed by atoms with Gasteiger partial charge in [0, 0.05) is 48.1 Å². The van der Waals surface area contributed by atoms with E-state index < -0.39 is 17.7 Å². The molecule has 0 spiro atoms. The number of aromatic nitrogens is 1. The van der Waals surface area contributed by atoms with Crippen molar-refractivity contribution >= 4 is 39.7 Å². The highest BCUT2D eigenvalue weighted by molar-refractivity contribution is 6.51. The molecule has 4 aromatic rings. The first-order valence-electron chi connectivity index (χ1n) is 12.2. The molecule has 188 valence electrons. The lowest BCUT2D eigenvalue weighted by Crippen LogP contribution is -2.29. The second-order valence-electron chi connectivity index (χ2n) is 9.57. The van der Waals surface area contributed by atoms with Crippen LogP contribution in [-0.4, -0.2) is 42.0 Å². The second-order valence-corrected chi connectivity index (χ2v) is 9.57. The third-order valence-electron chi connectivity index (χ3n) is 6.48. The molecule has 1 fully saturated rings. The zero-order valence-corrected chi connectivity index (χ0v) is 21.2. The van der Waals surface area contributed by atoms with E-state index in [1.54, 1.807) is 6.20 Å². The monoisotopic (exact) mass is 495 g/mol. The predicted molar refractivity (Wildman–Crippen MR) is 146 cm³/mol. The van der Waals surface area contributed by atoms with Gasteiger partial charge in [0.25, 0.3) is 11.7 Å². The summed E-state index contributed by atoms with van der Waals surface area (Å²) >= 11 is 0. The number of hydrogen-bond acceptors (Lipinski definition) is 5. The van der Waals surface area contributed by atoms with Gasteiger partial charge in [-0.25, -0.2) is 0 Å². The summed E-state index contributed by atoms with van der Waals surface area (Å²) in [5, 5.41) is 12.3. The van der Waals surface area contributed by atoms with Crippen LogP contribution < -0.4 is 14.5 Å². The standard InChI is InChI=1S/C30H29N3O4/c1-18(2)37-22-9-7-8-19(16-22)27-26(28(34)24-17-31-25-11-6-5-10-23(24)25)29(35)30(36)33(27)21-14-12-20(13-15-21)32(3)4/h5-18,27,31,34H,1-4H3/b28-26-. The van der Waals surface area contributed by atoms with Crippen molar-refractivity contribution < 1.29 is 19.4 Å². The molecule has 37 heavy (non-hydrogen) atoms. The molecule has 1 aromatic heterocycles. The molecule has 2 heterocycles. The van der Waals surface area contributed by atoms with Crippen LogP contribution in [0.5, 0.6) is 5.75 Å². The predicted octanol–water partition coefficient (Wildman–Crippen LogP) is 5.65. The number of ketones is 1. The number of anilines is 2. The quantitative estimate of drug-likeness (QED) is 0.205. The normalized spacial score (nSPS) is 17.1. The minimum Gasteiger partial charge on any atom is -0.507 e. The average molecular weight is 496 g/mol. The van der Waals surface area contributed by atoms with Crippen LogP contribution >= 0.6 is 0 Å². The molecule has 5 rings (SSSR count). The van der Waals surface area contributed by atoms with Crippen molar-refractivity contribution in [1.29, 1.82) is 0 Å². The van der Waals surface area contributed by atoms with Crippen LogP contribution in [0.4, 0.5) is 11.4 Å². The van der Waals surface area contributed by atoms with E-state index in [-0.39, 0.29) is 17.4 Å². The van der Waals surface area contributed by atoms with Crippen molar-refractivity contribution in [3.63, 3.8) is 0 Å². The van der Waals surface area contributed by atoms with Gasteiger partial charge in [0.1, 0.15) is 11.5 Å². The number of aromatic amines is 1. The summed E-state index contributed by atoms with van der Waals surface area (Å²) in [5.74, 6) is -1.03. The Labute approximate surface area is 215 Å². The number of ether oxygens (including phenoxy) is 1. The lowest BCUT2D eigenvalue weighted by atomic mass is 9.94. The Morgan fingerprint density at radius 1 is 1.00 bits per heavy atom. The van der Waals surface area contributed by atoms with Crippen molar-refractivity contribution in [1.82, 2.24) is 4.98 Å². The maximum atomic E-state index is 13.5. The van der Waals surface area contributed by atoms with Gasteiger partial charge in [-0.3, -0.25) is 14.5 Å². The zero-order valence-electron chi connectivity index (χ0n) is 21.2. The van der Waals surface area contributed by atoms with Crippen molar-refractivity contribution in [3.8, 4) is 5.75 Å². The Bertz CT molecular complexity index is 1520. The van der Waals surface area contributed by atoms with E-state index in [1.165, 1.54) is 4.90 Å². The van der Waals surface area contributed by atoms with E-state index in [4.69, 9.17) is 4.74 Å². The molecule has 1 aliphatic heterocycles. The number of hydrogen-bond donors (Lipinski definition) is 2. The Morgan fingerprint density at radius 2 is 1.73 bits per heavy atom. The van der Waals surface area contributed by atoms with Gasteiger partial charge in [-0.15, -0.1) is 0 Å². The first-order chi connectivity index (χ1) is 17.8. The third-order valence-corrected chi connectivity index (χ3v) is 6.48. The molecule has 0 saturated carbocycles. The lowest BCUT2D eigenvalue weighted by molar-refractivity contribution is -0.132. The largest absolute Gasteiger partial charge is 0.507 e. The van der Waals surface area contributed by atoms with Crippen LogP contribution in [0, 0.1) is 0 Å². The number of amides is 1. The van der Waals surface area contributed by atoms with Crippen LogP contribution in [0.3, 0.4) is 0 Å². The number of Topliss-reactive ketones (excluding diaryl/α,β-unsaturated/α-hetero) is 1. The first kappa shape index (κ1) is 24.2. The fourth-order valence-electron chi connectivity index (χ4n) is 4.77. The minimum absolute atomic E-state index is 0.0353. The molecule has 1 atom stereocenters. The van der Waals surface area contributed by atoms with Gasteiger partial charge in [0.15, 0.2) is 0 Å². The van der Waals surface area contributed by atoms with Crippen LogP contribution in [0.1, 0.15) is 31.0 Å². The second kappa shape index (κ2) is 9.50. The zero-order chi connectivity index (χ0) is 26.3. The number of para-hydroxylation sites is 1. The molecule has 1 unspecified atom stereocenters. The number of nitrogens with zero attached hydrogens (tertiary/aromatic N) is 2. The molecule has 1 aliphatic rings. The molecule has 7 heteroatoms. The average Bonchev–Trinajstić information content (AvgIpc) is 3.42. The molecular formula is C30H29N3O4. The van der Waals surface area contributed by atoms with Crippen molar-refractivity contribution in [2.24, 2.45) is 0 Å². The van der Waals surface area contributed by atoms with Crippen LogP contribution in [0.2, 0.25) is 0 Å². The van der Waals surface area contributed by atoms with Gasteiger partial charge >= 0.3 is 0 Å². The number of carbonyl (C=O) groups is 2. The summed E-state index contributed by atoms with van der Waals surface area (Å²) in [5.41, 5.74) is 3.51. The van der Waals surface area contributed by atoms with E-state index in [0.717, 1.165) is 16.6 Å². The van der Waals surface area contributed by atoms with Crippen molar-refractivity contribution in [2.75, 3.05) is 23.9 Å². The topological polar surface area (TPSA) is 85.9 Å². The SMILES string of the molecule is CC(C)Oc1cccc(C2/C(=C(/O)c3c[nH]c4ccccc34)C(=O)C(=O)N2c2ccc(N(C)C)cc2)c1. The van der Waals surface area contributed by atoms with E-state index >= 15 is 0 Å². The molecular weight excluding hydrogens is 466 g/mol. The number of H-pyrrole nitrogens is 1. The van der Waals surface area contributed by atoms with Gasteiger partial charge in [-0.1, -0.05) is 30.3 Å². The summed E-state index contributed by atoms with van der Waals surface area (Å²) < 4.78 is 5.90. The van der Waals surface area contributed by atoms with Crippen LogP contribution in [-0.2, 0) is 9.59 Å². The number of carbonyl (C=O) groups excluding carboxylic acids is 2. The van der Waals surface area contributed by atoms with E-state index in [1.807, 2.05) is 106 Å². The molecule has 0 bridgehead atoms. The highest BCUT2D eigenvalue weighted by Crippen LogP contribution is 2.43. The summed E-state index contributed by atoms with van der Waals surface area (Å²) in [6.45, 7) is 3.87. The van der Waals surface area contributed by atoms with Crippen molar-refractivity contribution in [3.05, 3.63) is 95.7 Å². The lowest BCUT2D eigenvalue weighted by Gasteiger charge is -2.26. The van der Waals surface area contributed by atoms with Crippen molar-refractivity contribution in [2.45, 2.75) is 26.0 Å². The minimum atomic E-state index is -0.838. The maximum absolute atomic E-state index is 13.5. The maximum Gasteiger partial charge on any atom is 0.300 e. The fourth-order valence-corrected chi connectivity index (χ4v) is 4.77. The molecule has 7 nitrogen and oxygen atoms in total. The molecule has 1 saturated heterocycles. The number of nitrogens with one attached hydrogen (secondary N) is 1. The Balaban J connectivity index is 1.71. The van der Waals surface area contributed by atoms with Gasteiger partial charge < -0.3 is 19.7 Å². The van der Waals surface area contributed by atoms with Gasteiger partial charge in [-0.2, -0.15) is 0 Å². The summed E-state index contributed by atoms with van der Waals surface area (Å²) in [4.78, 5) is 33.6. The molecule has 0 radical (unpaired) electrons.